The number of hydrogen-bond acceptors (Lipinski definition) is 2. The first kappa shape index (κ1) is 22.0. The van der Waals surface area contributed by atoms with Crippen LogP contribution in [0.2, 0.25) is 0 Å². The van der Waals surface area contributed by atoms with E-state index in [1.807, 2.05) is 24.3 Å². The Balaban J connectivity index is 0.00000338. The Labute approximate surface area is 172 Å². The van der Waals surface area contributed by atoms with Crippen molar-refractivity contribution in [3.05, 3.63) is 70.8 Å². The van der Waals surface area contributed by atoms with Gasteiger partial charge in [0.25, 0.3) is 5.91 Å². The summed E-state index contributed by atoms with van der Waals surface area (Å²) < 4.78 is 0. The standard InChI is InChI=1S/C20H26N4O.HI/c1-15-6-5-7-17(12-15)14-23-20(21-2)22-13-16-8-10-18(11-9-16)19(25)24(3)4;/h5-12H,13-14H2,1-4H3,(H2,21,22,23);1H. The molecule has 2 aromatic carbocycles. The van der Waals surface area contributed by atoms with Crippen LogP contribution in [0, 0.1) is 6.92 Å². The lowest BCUT2D eigenvalue weighted by molar-refractivity contribution is 0.0827. The van der Waals surface area contributed by atoms with Gasteiger partial charge in [0.1, 0.15) is 0 Å². The molecule has 0 unspecified atom stereocenters. The fraction of sp³-hybridized carbons (Fsp3) is 0.300. The van der Waals surface area contributed by atoms with Gasteiger partial charge >= 0.3 is 0 Å². The first-order chi connectivity index (χ1) is 12.0. The summed E-state index contributed by atoms with van der Waals surface area (Å²) in [5.41, 5.74) is 4.24. The smallest absolute Gasteiger partial charge is 0.253 e. The molecule has 1 amide bonds. The summed E-state index contributed by atoms with van der Waals surface area (Å²) in [4.78, 5) is 17.7. The number of benzene rings is 2. The zero-order chi connectivity index (χ0) is 18.2. The largest absolute Gasteiger partial charge is 0.352 e. The molecule has 5 nitrogen and oxygen atoms in total. The third-order valence-corrected chi connectivity index (χ3v) is 3.83. The second-order valence-electron chi connectivity index (χ2n) is 6.16. The zero-order valence-electron chi connectivity index (χ0n) is 15.7. The number of nitrogens with one attached hydrogen (secondary N) is 2. The van der Waals surface area contributed by atoms with Crippen molar-refractivity contribution in [1.82, 2.24) is 15.5 Å². The van der Waals surface area contributed by atoms with Crippen molar-refractivity contribution >= 4 is 35.8 Å². The minimum Gasteiger partial charge on any atom is -0.352 e. The molecule has 140 valence electrons. The predicted molar refractivity (Wildman–Crippen MR) is 118 cm³/mol. The van der Waals surface area contributed by atoms with E-state index in [1.165, 1.54) is 11.1 Å². The molecule has 6 heteroatoms. The number of amides is 1. The number of carbonyl (C=O) groups is 1. The molecular formula is C20H27IN4O. The lowest BCUT2D eigenvalue weighted by atomic mass is 10.1. The van der Waals surface area contributed by atoms with Crippen molar-refractivity contribution in [2.45, 2.75) is 20.0 Å². The Morgan fingerprint density at radius 2 is 1.62 bits per heavy atom. The van der Waals surface area contributed by atoms with Gasteiger partial charge in [-0.25, -0.2) is 0 Å². The first-order valence-electron chi connectivity index (χ1n) is 8.30. The van der Waals surface area contributed by atoms with Crippen LogP contribution in [0.4, 0.5) is 0 Å². The monoisotopic (exact) mass is 466 g/mol. The lowest BCUT2D eigenvalue weighted by Crippen LogP contribution is -2.36. The van der Waals surface area contributed by atoms with Gasteiger partial charge < -0.3 is 15.5 Å². The molecule has 2 aromatic rings. The van der Waals surface area contributed by atoms with Crippen molar-refractivity contribution < 1.29 is 4.79 Å². The van der Waals surface area contributed by atoms with Gasteiger partial charge in [-0.1, -0.05) is 42.0 Å². The number of rotatable bonds is 5. The number of carbonyl (C=O) groups excluding carboxylic acids is 1. The maximum absolute atomic E-state index is 11.9. The molecule has 2 N–H and O–H groups in total. The summed E-state index contributed by atoms with van der Waals surface area (Å²) in [5.74, 6) is 0.755. The fourth-order valence-corrected chi connectivity index (χ4v) is 2.44. The molecule has 26 heavy (non-hydrogen) atoms. The average Bonchev–Trinajstić information content (AvgIpc) is 2.61. The molecule has 0 bridgehead atoms. The second-order valence-corrected chi connectivity index (χ2v) is 6.16. The highest BCUT2D eigenvalue weighted by atomic mass is 127. The highest BCUT2D eigenvalue weighted by Crippen LogP contribution is 2.06. The van der Waals surface area contributed by atoms with Crippen molar-refractivity contribution in [2.24, 2.45) is 4.99 Å². The Bertz CT molecular complexity index is 742. The van der Waals surface area contributed by atoms with Gasteiger partial charge in [0.05, 0.1) is 0 Å². The molecule has 0 saturated carbocycles. The van der Waals surface area contributed by atoms with E-state index in [9.17, 15) is 4.79 Å². The minimum atomic E-state index is 0. The van der Waals surface area contributed by atoms with Crippen LogP contribution in [0.15, 0.2) is 53.5 Å². The highest BCUT2D eigenvalue weighted by Gasteiger charge is 2.07. The summed E-state index contributed by atoms with van der Waals surface area (Å²) in [5, 5.41) is 6.59. The van der Waals surface area contributed by atoms with E-state index in [2.05, 4.69) is 46.8 Å². The third-order valence-electron chi connectivity index (χ3n) is 3.83. The summed E-state index contributed by atoms with van der Waals surface area (Å²) in [6, 6.07) is 16.0. The SMILES string of the molecule is CN=C(NCc1ccc(C(=O)N(C)C)cc1)NCc1cccc(C)c1.I. The summed E-state index contributed by atoms with van der Waals surface area (Å²) in [6.45, 7) is 3.45. The van der Waals surface area contributed by atoms with Crippen LogP contribution in [0.5, 0.6) is 0 Å². The van der Waals surface area contributed by atoms with Crippen molar-refractivity contribution in [3.63, 3.8) is 0 Å². The highest BCUT2D eigenvalue weighted by molar-refractivity contribution is 14.0. The predicted octanol–water partition coefficient (Wildman–Crippen LogP) is 3.18. The lowest BCUT2D eigenvalue weighted by Gasteiger charge is -2.13. The molecule has 0 fully saturated rings. The molecule has 0 spiro atoms. The molecule has 2 rings (SSSR count). The van der Waals surface area contributed by atoms with Crippen molar-refractivity contribution in [2.75, 3.05) is 21.1 Å². The van der Waals surface area contributed by atoms with Gasteiger partial charge in [-0.2, -0.15) is 0 Å². The van der Waals surface area contributed by atoms with Crippen molar-refractivity contribution in [1.29, 1.82) is 0 Å². The van der Waals surface area contributed by atoms with Gasteiger partial charge in [0, 0.05) is 39.8 Å². The van der Waals surface area contributed by atoms with Crippen LogP contribution < -0.4 is 10.6 Å². The van der Waals surface area contributed by atoms with Crippen LogP contribution in [0.3, 0.4) is 0 Å². The van der Waals surface area contributed by atoms with Gasteiger partial charge in [-0.15, -0.1) is 24.0 Å². The normalized spacial score (nSPS) is 10.7. The van der Waals surface area contributed by atoms with E-state index < -0.39 is 0 Å². The van der Waals surface area contributed by atoms with Gasteiger partial charge in [0.2, 0.25) is 0 Å². The molecule has 0 aromatic heterocycles. The average molecular weight is 466 g/mol. The summed E-state index contributed by atoms with van der Waals surface area (Å²) in [7, 11) is 5.26. The van der Waals surface area contributed by atoms with Crippen LogP contribution in [0.1, 0.15) is 27.0 Å². The van der Waals surface area contributed by atoms with Gasteiger partial charge in [0.15, 0.2) is 5.96 Å². The molecule has 0 aliphatic carbocycles. The topological polar surface area (TPSA) is 56.7 Å². The first-order valence-corrected chi connectivity index (χ1v) is 8.30. The molecule has 0 radical (unpaired) electrons. The Morgan fingerprint density at radius 3 is 2.15 bits per heavy atom. The van der Waals surface area contributed by atoms with E-state index in [1.54, 1.807) is 26.0 Å². The fourth-order valence-electron chi connectivity index (χ4n) is 2.44. The number of hydrogen-bond donors (Lipinski definition) is 2. The maximum atomic E-state index is 11.9. The Hall–Kier alpha value is -2.09. The van der Waals surface area contributed by atoms with E-state index >= 15 is 0 Å². The summed E-state index contributed by atoms with van der Waals surface area (Å²) in [6.07, 6.45) is 0. The van der Waals surface area contributed by atoms with Gasteiger partial charge in [-0.3, -0.25) is 9.79 Å². The van der Waals surface area contributed by atoms with Crippen LogP contribution >= 0.6 is 24.0 Å². The Kier molecular flexibility index (Phi) is 9.12. The maximum Gasteiger partial charge on any atom is 0.253 e. The zero-order valence-corrected chi connectivity index (χ0v) is 18.1. The number of guanidine groups is 1. The van der Waals surface area contributed by atoms with Crippen molar-refractivity contribution in [3.8, 4) is 0 Å². The van der Waals surface area contributed by atoms with E-state index in [0.29, 0.717) is 12.1 Å². The molecule has 0 aliphatic rings. The van der Waals surface area contributed by atoms with Crippen LogP contribution in [-0.2, 0) is 13.1 Å². The van der Waals surface area contributed by atoms with E-state index in [-0.39, 0.29) is 29.9 Å². The molecule has 0 atom stereocenters. The minimum absolute atomic E-state index is 0. The Morgan fingerprint density at radius 1 is 1.00 bits per heavy atom. The number of nitrogens with zero attached hydrogens (tertiary/aromatic N) is 2. The third kappa shape index (κ3) is 6.67. The van der Waals surface area contributed by atoms with Crippen LogP contribution in [0.25, 0.3) is 0 Å². The molecule has 0 aliphatic heterocycles. The quantitative estimate of drug-likeness (QED) is 0.405. The second kappa shape index (κ2) is 10.8. The van der Waals surface area contributed by atoms with Gasteiger partial charge in [-0.05, 0) is 30.2 Å². The molecular weight excluding hydrogens is 439 g/mol. The van der Waals surface area contributed by atoms with Crippen LogP contribution in [-0.4, -0.2) is 37.9 Å². The molecule has 0 heterocycles. The molecule has 0 saturated heterocycles. The number of aryl methyl sites for hydroxylation is 1. The van der Waals surface area contributed by atoms with E-state index in [0.717, 1.165) is 18.1 Å². The summed E-state index contributed by atoms with van der Waals surface area (Å²) >= 11 is 0. The number of aliphatic imine (C=N–C) groups is 1. The van der Waals surface area contributed by atoms with E-state index in [4.69, 9.17) is 0 Å². The number of halogens is 1.